The molecule has 0 heterocycles. The molecule has 0 fully saturated rings. The summed E-state index contributed by atoms with van der Waals surface area (Å²) in [4.78, 5) is 43.4. The highest BCUT2D eigenvalue weighted by atomic mass is 31.0. The third kappa shape index (κ3) is 5.26. The van der Waals surface area contributed by atoms with Crippen LogP contribution >= 0.6 is 9.47 Å². The number of aliphatic carboxylic acids is 1. The molecule has 96 valence electrons. The highest BCUT2D eigenvalue weighted by molar-refractivity contribution is 7.10. The summed E-state index contributed by atoms with van der Waals surface area (Å²) in [6.45, 7) is 1.92. The van der Waals surface area contributed by atoms with Gasteiger partial charge < -0.3 is 19.1 Å². The van der Waals surface area contributed by atoms with Gasteiger partial charge in [-0.3, -0.25) is 9.59 Å². The monoisotopic (exact) mass is 266 g/mol. The molecule has 0 rings (SSSR count). The van der Waals surface area contributed by atoms with Crippen molar-refractivity contribution in [1.82, 2.24) is 0 Å². The zero-order chi connectivity index (χ0) is 13.6. The van der Waals surface area contributed by atoms with Gasteiger partial charge in [0, 0.05) is 13.8 Å². The Kier molecular flexibility index (Phi) is 6.12. The normalized spacial score (nSPS) is 13.1. The summed E-state index contributed by atoms with van der Waals surface area (Å²) in [6.07, 6.45) is -3.81. The Bertz CT molecular complexity index is 338. The molecule has 0 spiro atoms. The largest absolute Gasteiger partial charge is 0.478 e. The molecule has 0 aliphatic rings. The first-order valence-electron chi connectivity index (χ1n) is 4.27. The first-order chi connectivity index (χ1) is 7.79. The molecule has 3 atom stereocenters. The van der Waals surface area contributed by atoms with Gasteiger partial charge in [-0.2, -0.15) is 0 Å². The fraction of sp³-hybridized carbons (Fsp3) is 0.500. The number of carboxylic acid groups (broad SMARTS) is 1. The van der Waals surface area contributed by atoms with Crippen LogP contribution in [0.1, 0.15) is 13.8 Å². The van der Waals surface area contributed by atoms with Crippen LogP contribution in [0.5, 0.6) is 0 Å². The van der Waals surface area contributed by atoms with Crippen LogP contribution in [0.4, 0.5) is 0 Å². The van der Waals surface area contributed by atoms with Gasteiger partial charge in [0.2, 0.25) is 12.2 Å². The molecule has 8 nitrogen and oxygen atoms in total. The van der Waals surface area contributed by atoms with Gasteiger partial charge in [-0.1, -0.05) is 0 Å². The van der Waals surface area contributed by atoms with Crippen LogP contribution in [0.15, 0.2) is 0 Å². The lowest BCUT2D eigenvalue weighted by molar-refractivity contribution is -0.184. The fourth-order valence-corrected chi connectivity index (χ4v) is 1.03. The third-order valence-corrected chi connectivity index (χ3v) is 1.68. The number of rotatable bonds is 5. The first-order valence-corrected chi connectivity index (χ1v) is 4.74. The van der Waals surface area contributed by atoms with E-state index >= 15 is 0 Å². The van der Waals surface area contributed by atoms with E-state index in [4.69, 9.17) is 5.11 Å². The number of esters is 2. The predicted molar refractivity (Wildman–Crippen MR) is 54.5 cm³/mol. The molecule has 1 unspecified atom stereocenters. The minimum atomic E-state index is -1.95. The smallest absolute Gasteiger partial charge is 0.354 e. The third-order valence-electron chi connectivity index (χ3n) is 1.45. The van der Waals surface area contributed by atoms with Crippen molar-refractivity contribution in [3.63, 3.8) is 0 Å². The lowest BCUT2D eigenvalue weighted by Gasteiger charge is -2.20. The number of carbonyl (C=O) groups excluding carboxylic acids is 3. The van der Waals surface area contributed by atoms with Crippen molar-refractivity contribution < 1.29 is 38.3 Å². The first kappa shape index (κ1) is 15.3. The van der Waals surface area contributed by atoms with Crippen molar-refractivity contribution in [2.75, 3.05) is 0 Å². The van der Waals surface area contributed by atoms with Gasteiger partial charge in [0.25, 0.3) is 0 Å². The van der Waals surface area contributed by atoms with Crippen LogP contribution in [0.25, 0.3) is 0 Å². The van der Waals surface area contributed by atoms with Crippen molar-refractivity contribution in [3.05, 3.63) is 0 Å². The van der Waals surface area contributed by atoms with E-state index < -0.39 is 36.1 Å². The molecule has 0 saturated carbocycles. The zero-order valence-corrected chi connectivity index (χ0v) is 10.2. The summed E-state index contributed by atoms with van der Waals surface area (Å²) >= 11 is 0. The predicted octanol–water partition coefficient (Wildman–Crippen LogP) is -0.732. The van der Waals surface area contributed by atoms with Crippen LogP contribution in [0.2, 0.25) is 0 Å². The summed E-state index contributed by atoms with van der Waals surface area (Å²) in [5.41, 5.74) is 0. The standard InChI is InChI=1S/C8H11O8P/c1-3(9)14-5(7(11)12)6(8(13)16-17)15-4(2)10/h5-6H,17H2,1-2H3,(H,11,12)/t5-,6-/m0/s1. The molecule has 0 radical (unpaired) electrons. The Morgan fingerprint density at radius 2 is 1.41 bits per heavy atom. The SMILES string of the molecule is CC(=O)O[C@H](C(=O)O)[C@H](OC(C)=O)C(=O)OP. The summed E-state index contributed by atoms with van der Waals surface area (Å²) in [5.74, 6) is -4.66. The van der Waals surface area contributed by atoms with E-state index in [0.717, 1.165) is 13.8 Å². The van der Waals surface area contributed by atoms with Crippen molar-refractivity contribution in [2.45, 2.75) is 26.1 Å². The molecule has 0 aromatic heterocycles. The highest BCUT2D eigenvalue weighted by Gasteiger charge is 2.40. The summed E-state index contributed by atoms with van der Waals surface area (Å²) < 4.78 is 13.0. The quantitative estimate of drug-likeness (QED) is 0.511. The Balaban J connectivity index is 5.05. The number of hydrogen-bond acceptors (Lipinski definition) is 7. The van der Waals surface area contributed by atoms with Crippen molar-refractivity contribution in [1.29, 1.82) is 0 Å². The van der Waals surface area contributed by atoms with Gasteiger partial charge in [0.1, 0.15) is 0 Å². The van der Waals surface area contributed by atoms with E-state index in [2.05, 4.69) is 14.0 Å². The Hall–Kier alpha value is -1.69. The van der Waals surface area contributed by atoms with E-state index in [1.54, 1.807) is 9.47 Å². The molecule has 0 amide bonds. The number of carbonyl (C=O) groups is 4. The topological polar surface area (TPSA) is 116 Å². The van der Waals surface area contributed by atoms with Crippen LogP contribution in [-0.4, -0.2) is 41.2 Å². The molecule has 0 aliphatic carbocycles. The second-order valence-electron chi connectivity index (χ2n) is 2.84. The van der Waals surface area contributed by atoms with Crippen LogP contribution in [-0.2, 0) is 33.2 Å². The molecule has 9 heteroatoms. The van der Waals surface area contributed by atoms with Crippen LogP contribution < -0.4 is 0 Å². The van der Waals surface area contributed by atoms with Gasteiger partial charge >= 0.3 is 23.9 Å². The maximum absolute atomic E-state index is 11.2. The van der Waals surface area contributed by atoms with E-state index in [9.17, 15) is 19.2 Å². The molecule has 17 heavy (non-hydrogen) atoms. The molecule has 0 aliphatic heterocycles. The molecule has 0 bridgehead atoms. The second-order valence-corrected chi connectivity index (χ2v) is 3.07. The number of carboxylic acids is 1. The van der Waals surface area contributed by atoms with Crippen LogP contribution in [0.3, 0.4) is 0 Å². The van der Waals surface area contributed by atoms with E-state index in [-0.39, 0.29) is 0 Å². The number of hydrogen-bond donors (Lipinski definition) is 1. The Morgan fingerprint density at radius 1 is 1.00 bits per heavy atom. The highest BCUT2D eigenvalue weighted by Crippen LogP contribution is 2.10. The van der Waals surface area contributed by atoms with Gasteiger partial charge in [-0.05, 0) is 0 Å². The molecular weight excluding hydrogens is 255 g/mol. The summed E-state index contributed by atoms with van der Waals surface area (Å²) in [6, 6.07) is 0. The van der Waals surface area contributed by atoms with Crippen molar-refractivity contribution >= 4 is 33.3 Å². The van der Waals surface area contributed by atoms with Crippen molar-refractivity contribution in [3.8, 4) is 0 Å². The average molecular weight is 266 g/mol. The van der Waals surface area contributed by atoms with Gasteiger partial charge in [-0.15, -0.1) is 0 Å². The van der Waals surface area contributed by atoms with E-state index in [1.165, 1.54) is 0 Å². The summed E-state index contributed by atoms with van der Waals surface area (Å²) in [7, 11) is 1.57. The minimum absolute atomic E-state index is 0.913. The minimum Gasteiger partial charge on any atom is -0.478 e. The molecule has 0 aromatic carbocycles. The molecule has 0 aromatic rings. The fourth-order valence-electron chi connectivity index (χ4n) is 0.900. The maximum atomic E-state index is 11.2. The average Bonchev–Trinajstić information content (AvgIpc) is 2.21. The molecule has 1 N–H and O–H groups in total. The van der Waals surface area contributed by atoms with E-state index in [0.29, 0.717) is 0 Å². The molecule has 0 saturated heterocycles. The van der Waals surface area contributed by atoms with Crippen LogP contribution in [0, 0.1) is 0 Å². The Labute approximate surface area is 98.5 Å². The maximum Gasteiger partial charge on any atom is 0.354 e. The lowest BCUT2D eigenvalue weighted by atomic mass is 10.2. The summed E-state index contributed by atoms with van der Waals surface area (Å²) in [5, 5.41) is 8.77. The van der Waals surface area contributed by atoms with Gasteiger partial charge in [-0.25, -0.2) is 9.59 Å². The number of ether oxygens (including phenoxy) is 2. The molecular formula is C8H11O8P. The second kappa shape index (κ2) is 6.80. The zero-order valence-electron chi connectivity index (χ0n) is 9.04. The van der Waals surface area contributed by atoms with Gasteiger partial charge in [0.05, 0.1) is 9.47 Å². The van der Waals surface area contributed by atoms with Crippen molar-refractivity contribution in [2.24, 2.45) is 0 Å². The Morgan fingerprint density at radius 3 is 1.71 bits per heavy atom. The van der Waals surface area contributed by atoms with Gasteiger partial charge in [0.15, 0.2) is 0 Å². The lowest BCUT2D eigenvalue weighted by Crippen LogP contribution is -2.45. The van der Waals surface area contributed by atoms with E-state index in [1.807, 2.05) is 0 Å².